The third-order valence-electron chi connectivity index (χ3n) is 4.67. The standard InChI is InChI=1S/C18H22N4/c1-2-15(11-19-6-1)16-8-14(9-20-12-16)10-21-17-5-7-22(13-17)18-3-4-18/h1-2,6,8-9,11-12,17-18,21H,3-5,7,10,13H2. The highest BCUT2D eigenvalue weighted by Gasteiger charge is 2.33. The molecule has 4 nitrogen and oxygen atoms in total. The predicted molar refractivity (Wildman–Crippen MR) is 87.3 cm³/mol. The van der Waals surface area contributed by atoms with E-state index in [2.05, 4.69) is 32.3 Å². The molecule has 1 aliphatic heterocycles. The van der Waals surface area contributed by atoms with Gasteiger partial charge >= 0.3 is 0 Å². The summed E-state index contributed by atoms with van der Waals surface area (Å²) < 4.78 is 0. The van der Waals surface area contributed by atoms with Crippen LogP contribution in [0.1, 0.15) is 24.8 Å². The van der Waals surface area contributed by atoms with Crippen LogP contribution >= 0.6 is 0 Å². The summed E-state index contributed by atoms with van der Waals surface area (Å²) in [6.45, 7) is 3.36. The van der Waals surface area contributed by atoms with Crippen LogP contribution in [0.4, 0.5) is 0 Å². The summed E-state index contributed by atoms with van der Waals surface area (Å²) in [5, 5.41) is 3.69. The number of nitrogens with zero attached hydrogens (tertiary/aromatic N) is 3. The van der Waals surface area contributed by atoms with Gasteiger partial charge in [-0.05, 0) is 37.0 Å². The highest BCUT2D eigenvalue weighted by molar-refractivity contribution is 5.61. The lowest BCUT2D eigenvalue weighted by molar-refractivity contribution is 0.317. The van der Waals surface area contributed by atoms with E-state index in [9.17, 15) is 0 Å². The lowest BCUT2D eigenvalue weighted by Crippen LogP contribution is -2.32. The number of hydrogen-bond acceptors (Lipinski definition) is 4. The van der Waals surface area contributed by atoms with Gasteiger partial charge in [0.15, 0.2) is 0 Å². The summed E-state index contributed by atoms with van der Waals surface area (Å²) >= 11 is 0. The van der Waals surface area contributed by atoms with Crippen molar-refractivity contribution in [2.75, 3.05) is 13.1 Å². The van der Waals surface area contributed by atoms with Crippen LogP contribution in [0.2, 0.25) is 0 Å². The third-order valence-corrected chi connectivity index (χ3v) is 4.67. The Balaban J connectivity index is 1.37. The van der Waals surface area contributed by atoms with Gasteiger partial charge < -0.3 is 5.32 Å². The van der Waals surface area contributed by atoms with Crippen LogP contribution in [0, 0.1) is 0 Å². The van der Waals surface area contributed by atoms with Crippen LogP contribution < -0.4 is 5.32 Å². The van der Waals surface area contributed by atoms with Crippen LogP contribution in [0.15, 0.2) is 43.0 Å². The quantitative estimate of drug-likeness (QED) is 0.920. The van der Waals surface area contributed by atoms with Crippen molar-refractivity contribution < 1.29 is 0 Å². The fourth-order valence-corrected chi connectivity index (χ4v) is 3.26. The zero-order valence-electron chi connectivity index (χ0n) is 12.8. The average Bonchev–Trinajstić information content (AvgIpc) is 3.33. The van der Waals surface area contributed by atoms with E-state index in [4.69, 9.17) is 0 Å². The Bertz CT molecular complexity index is 624. The molecular weight excluding hydrogens is 272 g/mol. The van der Waals surface area contributed by atoms with Gasteiger partial charge in [0.25, 0.3) is 0 Å². The first-order chi connectivity index (χ1) is 10.9. The summed E-state index contributed by atoms with van der Waals surface area (Å²) in [5.74, 6) is 0. The number of likely N-dealkylation sites (tertiary alicyclic amines) is 1. The minimum absolute atomic E-state index is 0.627. The van der Waals surface area contributed by atoms with E-state index in [0.29, 0.717) is 6.04 Å². The molecule has 0 bridgehead atoms. The first kappa shape index (κ1) is 13.9. The molecule has 0 aromatic carbocycles. The van der Waals surface area contributed by atoms with Crippen molar-refractivity contribution >= 4 is 0 Å². The molecular formula is C18H22N4. The van der Waals surface area contributed by atoms with Crippen molar-refractivity contribution in [3.05, 3.63) is 48.5 Å². The maximum atomic E-state index is 4.38. The molecule has 1 atom stereocenters. The van der Waals surface area contributed by atoms with Gasteiger partial charge in [0.2, 0.25) is 0 Å². The molecule has 114 valence electrons. The van der Waals surface area contributed by atoms with Crippen molar-refractivity contribution in [2.45, 2.75) is 37.9 Å². The Kier molecular flexibility index (Phi) is 3.87. The third kappa shape index (κ3) is 3.18. The highest BCUT2D eigenvalue weighted by Crippen LogP contribution is 2.29. The summed E-state index contributed by atoms with van der Waals surface area (Å²) in [5.41, 5.74) is 3.50. The van der Waals surface area contributed by atoms with E-state index in [1.54, 1.807) is 6.20 Å². The second kappa shape index (κ2) is 6.15. The monoisotopic (exact) mass is 294 g/mol. The van der Waals surface area contributed by atoms with E-state index in [1.807, 2.05) is 24.7 Å². The van der Waals surface area contributed by atoms with Gasteiger partial charge in [0.05, 0.1) is 0 Å². The predicted octanol–water partition coefficient (Wildman–Crippen LogP) is 2.47. The van der Waals surface area contributed by atoms with E-state index >= 15 is 0 Å². The Morgan fingerprint density at radius 2 is 2.00 bits per heavy atom. The fourth-order valence-electron chi connectivity index (χ4n) is 3.26. The molecule has 1 N–H and O–H groups in total. The van der Waals surface area contributed by atoms with E-state index < -0.39 is 0 Å². The van der Waals surface area contributed by atoms with Gasteiger partial charge in [-0.3, -0.25) is 14.9 Å². The molecule has 1 saturated heterocycles. The molecule has 2 aliphatic rings. The van der Waals surface area contributed by atoms with Crippen LogP contribution in [0.5, 0.6) is 0 Å². The lowest BCUT2D eigenvalue weighted by Gasteiger charge is -2.16. The lowest BCUT2D eigenvalue weighted by atomic mass is 10.1. The Morgan fingerprint density at radius 3 is 2.82 bits per heavy atom. The average molecular weight is 294 g/mol. The van der Waals surface area contributed by atoms with Gasteiger partial charge in [0.1, 0.15) is 0 Å². The summed E-state index contributed by atoms with van der Waals surface area (Å²) in [4.78, 5) is 11.2. The van der Waals surface area contributed by atoms with Crippen molar-refractivity contribution in [2.24, 2.45) is 0 Å². The maximum Gasteiger partial charge on any atom is 0.0347 e. The van der Waals surface area contributed by atoms with Gasteiger partial charge in [0, 0.05) is 67.6 Å². The van der Waals surface area contributed by atoms with Crippen molar-refractivity contribution in [3.63, 3.8) is 0 Å². The van der Waals surface area contributed by atoms with E-state index in [0.717, 1.165) is 23.7 Å². The zero-order valence-corrected chi connectivity index (χ0v) is 12.8. The maximum absolute atomic E-state index is 4.38. The van der Waals surface area contributed by atoms with Gasteiger partial charge in [-0.2, -0.15) is 0 Å². The summed E-state index contributed by atoms with van der Waals surface area (Å²) in [6, 6.07) is 7.77. The molecule has 0 radical (unpaired) electrons. The first-order valence-corrected chi connectivity index (χ1v) is 8.20. The molecule has 2 aromatic heterocycles. The second-order valence-electron chi connectivity index (χ2n) is 6.42. The number of aromatic nitrogens is 2. The number of hydrogen-bond donors (Lipinski definition) is 1. The van der Waals surface area contributed by atoms with E-state index in [1.165, 1.54) is 37.9 Å². The number of rotatable bonds is 5. The van der Waals surface area contributed by atoms with Gasteiger partial charge in [-0.25, -0.2) is 0 Å². The zero-order chi connectivity index (χ0) is 14.8. The molecule has 0 spiro atoms. The topological polar surface area (TPSA) is 41.1 Å². The molecule has 4 rings (SSSR count). The fraction of sp³-hybridized carbons (Fsp3) is 0.444. The Hall–Kier alpha value is -1.78. The van der Waals surface area contributed by atoms with Crippen LogP contribution in [0.3, 0.4) is 0 Å². The molecule has 22 heavy (non-hydrogen) atoms. The molecule has 2 aromatic rings. The van der Waals surface area contributed by atoms with Crippen molar-refractivity contribution in [1.29, 1.82) is 0 Å². The Morgan fingerprint density at radius 1 is 1.09 bits per heavy atom. The Labute approximate surface area is 131 Å². The number of pyridine rings is 2. The molecule has 1 unspecified atom stereocenters. The minimum atomic E-state index is 0.627. The highest BCUT2D eigenvalue weighted by atomic mass is 15.2. The van der Waals surface area contributed by atoms with E-state index in [-0.39, 0.29) is 0 Å². The second-order valence-corrected chi connectivity index (χ2v) is 6.42. The molecule has 0 amide bonds. The molecule has 3 heterocycles. The molecule has 2 fully saturated rings. The summed E-state index contributed by atoms with van der Waals surface area (Å²) in [6.07, 6.45) is 11.6. The molecule has 4 heteroatoms. The first-order valence-electron chi connectivity index (χ1n) is 8.20. The van der Waals surface area contributed by atoms with Gasteiger partial charge in [-0.1, -0.05) is 6.07 Å². The van der Waals surface area contributed by atoms with Gasteiger partial charge in [-0.15, -0.1) is 0 Å². The number of nitrogens with one attached hydrogen (secondary N) is 1. The van der Waals surface area contributed by atoms with Crippen molar-refractivity contribution in [3.8, 4) is 11.1 Å². The van der Waals surface area contributed by atoms with Crippen molar-refractivity contribution in [1.82, 2.24) is 20.2 Å². The largest absolute Gasteiger partial charge is 0.309 e. The SMILES string of the molecule is c1cncc(-c2cncc(CNC3CCN(C4CC4)C3)c2)c1. The van der Waals surface area contributed by atoms with Crippen LogP contribution in [-0.2, 0) is 6.54 Å². The molecule has 1 saturated carbocycles. The molecule has 1 aliphatic carbocycles. The normalized spacial score (nSPS) is 22.1. The minimum Gasteiger partial charge on any atom is -0.309 e. The smallest absolute Gasteiger partial charge is 0.0347 e. The summed E-state index contributed by atoms with van der Waals surface area (Å²) in [7, 11) is 0. The van der Waals surface area contributed by atoms with Crippen LogP contribution in [-0.4, -0.2) is 40.0 Å². The van der Waals surface area contributed by atoms with Crippen LogP contribution in [0.25, 0.3) is 11.1 Å².